The van der Waals surface area contributed by atoms with Crippen molar-refractivity contribution in [3.05, 3.63) is 59.9 Å². The van der Waals surface area contributed by atoms with Crippen molar-refractivity contribution in [3.8, 4) is 5.75 Å². The molecule has 1 aliphatic heterocycles. The lowest BCUT2D eigenvalue weighted by Crippen LogP contribution is -2.35. The number of carbonyl (C=O) groups is 1. The van der Waals surface area contributed by atoms with Crippen LogP contribution in [-0.4, -0.2) is 50.8 Å². The van der Waals surface area contributed by atoms with Gasteiger partial charge in [-0.15, -0.1) is 0 Å². The van der Waals surface area contributed by atoms with Gasteiger partial charge in [0.2, 0.25) is 0 Å². The van der Waals surface area contributed by atoms with Gasteiger partial charge in [-0.2, -0.15) is 5.10 Å². The number of aryl methyl sites for hydroxylation is 1. The van der Waals surface area contributed by atoms with Gasteiger partial charge in [-0.05, 0) is 50.6 Å². The van der Waals surface area contributed by atoms with E-state index in [1.807, 2.05) is 12.4 Å². The van der Waals surface area contributed by atoms with Crippen LogP contribution in [0.2, 0.25) is 0 Å². The molecule has 2 N–H and O–H groups in total. The molecule has 1 aliphatic rings. The number of imidazole rings is 1. The molecule has 0 saturated carbocycles. The van der Waals surface area contributed by atoms with Gasteiger partial charge in [-0.25, -0.2) is 4.98 Å². The van der Waals surface area contributed by atoms with E-state index < -0.39 is 0 Å². The highest BCUT2D eigenvalue weighted by Crippen LogP contribution is 2.31. The highest BCUT2D eigenvalue weighted by molar-refractivity contribution is 6.04. The molecule has 1 saturated heterocycles. The van der Waals surface area contributed by atoms with Crippen LogP contribution in [0.5, 0.6) is 5.75 Å². The van der Waals surface area contributed by atoms with E-state index >= 15 is 0 Å². The second-order valence-electron chi connectivity index (χ2n) is 7.58. The summed E-state index contributed by atoms with van der Waals surface area (Å²) in [5.41, 5.74) is 2.32. The molecular formula is C22H28N6O2. The Hall–Kier alpha value is -3.13. The third-order valence-electron chi connectivity index (χ3n) is 5.69. The number of amides is 1. The second-order valence-corrected chi connectivity index (χ2v) is 7.58. The van der Waals surface area contributed by atoms with E-state index in [0.29, 0.717) is 5.56 Å². The molecule has 4 rings (SSSR count). The Morgan fingerprint density at radius 2 is 2.17 bits per heavy atom. The second kappa shape index (κ2) is 9.13. The molecule has 0 aliphatic carbocycles. The predicted molar refractivity (Wildman–Crippen MR) is 115 cm³/mol. The lowest BCUT2D eigenvalue weighted by atomic mass is 9.94. The normalized spacial score (nSPS) is 17.1. The Bertz CT molecular complexity index is 978. The lowest BCUT2D eigenvalue weighted by Gasteiger charge is -2.32. The van der Waals surface area contributed by atoms with Crippen molar-refractivity contribution < 1.29 is 9.53 Å². The average molecular weight is 409 g/mol. The van der Waals surface area contributed by atoms with E-state index in [0.717, 1.165) is 62.0 Å². The number of nitrogens with zero attached hydrogens (tertiary/aromatic N) is 4. The van der Waals surface area contributed by atoms with Gasteiger partial charge < -0.3 is 14.6 Å². The van der Waals surface area contributed by atoms with Crippen molar-refractivity contribution in [2.24, 2.45) is 0 Å². The maximum atomic E-state index is 12.7. The minimum atomic E-state index is -0.155. The number of rotatable bonds is 7. The summed E-state index contributed by atoms with van der Waals surface area (Å²) in [6, 6.07) is 7.08. The summed E-state index contributed by atoms with van der Waals surface area (Å²) in [5, 5.41) is 10.3. The van der Waals surface area contributed by atoms with Gasteiger partial charge in [-0.1, -0.05) is 0 Å². The van der Waals surface area contributed by atoms with Gasteiger partial charge in [-0.3, -0.25) is 14.8 Å². The number of likely N-dealkylation sites (tertiary alicyclic amines) is 1. The summed E-state index contributed by atoms with van der Waals surface area (Å²) < 4.78 is 7.34. The molecule has 3 heterocycles. The Morgan fingerprint density at radius 3 is 2.93 bits per heavy atom. The monoisotopic (exact) mass is 408 g/mol. The molecule has 1 amide bonds. The molecule has 1 fully saturated rings. The number of hydrogen-bond acceptors (Lipinski definition) is 5. The van der Waals surface area contributed by atoms with Crippen molar-refractivity contribution in [2.75, 3.05) is 25.5 Å². The Labute approximate surface area is 176 Å². The van der Waals surface area contributed by atoms with E-state index in [2.05, 4.69) is 36.9 Å². The lowest BCUT2D eigenvalue weighted by molar-refractivity contribution is 0.102. The van der Waals surface area contributed by atoms with Crippen LogP contribution in [0.3, 0.4) is 0 Å². The zero-order chi connectivity index (χ0) is 20.9. The Kier molecular flexibility index (Phi) is 6.13. The molecule has 1 aromatic carbocycles. The van der Waals surface area contributed by atoms with Crippen molar-refractivity contribution >= 4 is 11.6 Å². The van der Waals surface area contributed by atoms with Crippen LogP contribution in [0.4, 0.5) is 5.69 Å². The highest BCUT2D eigenvalue weighted by atomic mass is 16.5. The molecule has 0 radical (unpaired) electrons. The molecular weight excluding hydrogens is 380 g/mol. The van der Waals surface area contributed by atoms with E-state index in [9.17, 15) is 4.79 Å². The van der Waals surface area contributed by atoms with Gasteiger partial charge in [0.05, 0.1) is 31.2 Å². The van der Waals surface area contributed by atoms with Crippen LogP contribution >= 0.6 is 0 Å². The van der Waals surface area contributed by atoms with E-state index in [1.54, 1.807) is 37.6 Å². The number of aromatic nitrogens is 4. The first kappa shape index (κ1) is 20.2. The van der Waals surface area contributed by atoms with Crippen molar-refractivity contribution in [3.63, 3.8) is 0 Å². The molecule has 1 atom stereocenters. The molecule has 2 aromatic heterocycles. The van der Waals surface area contributed by atoms with Crippen LogP contribution in [0.15, 0.2) is 42.9 Å². The SMILES string of the molecule is CCn1ccnc1CN1CCC[C@@H](c2[nH]ncc2NC(=O)c2ccc(OC)cc2)C1. The summed E-state index contributed by atoms with van der Waals surface area (Å²) >= 11 is 0. The third kappa shape index (κ3) is 4.38. The number of methoxy groups -OCH3 is 1. The summed E-state index contributed by atoms with van der Waals surface area (Å²) in [4.78, 5) is 19.6. The fourth-order valence-corrected chi connectivity index (χ4v) is 4.06. The number of piperidine rings is 1. The molecule has 8 heteroatoms. The smallest absolute Gasteiger partial charge is 0.255 e. The number of anilines is 1. The number of nitrogens with one attached hydrogen (secondary N) is 2. The first-order chi connectivity index (χ1) is 14.7. The summed E-state index contributed by atoms with van der Waals surface area (Å²) in [6.45, 7) is 5.85. The van der Waals surface area contributed by atoms with Crippen LogP contribution in [0.25, 0.3) is 0 Å². The first-order valence-electron chi connectivity index (χ1n) is 10.4. The number of hydrogen-bond donors (Lipinski definition) is 2. The molecule has 3 aromatic rings. The maximum Gasteiger partial charge on any atom is 0.255 e. The van der Waals surface area contributed by atoms with Crippen molar-refractivity contribution in [2.45, 2.75) is 38.8 Å². The highest BCUT2D eigenvalue weighted by Gasteiger charge is 2.26. The molecule has 158 valence electrons. The van der Waals surface area contributed by atoms with Gasteiger partial charge in [0.25, 0.3) is 5.91 Å². The molecule has 0 spiro atoms. The number of carbonyl (C=O) groups excluding carboxylic acids is 1. The van der Waals surface area contributed by atoms with Crippen LogP contribution in [-0.2, 0) is 13.1 Å². The quantitative estimate of drug-likeness (QED) is 0.626. The Morgan fingerprint density at radius 1 is 1.33 bits per heavy atom. The van der Waals surface area contributed by atoms with Crippen LogP contribution < -0.4 is 10.1 Å². The van der Waals surface area contributed by atoms with Crippen LogP contribution in [0, 0.1) is 0 Å². The molecule has 8 nitrogen and oxygen atoms in total. The topological polar surface area (TPSA) is 88.1 Å². The predicted octanol–water partition coefficient (Wildman–Crippen LogP) is 3.27. The van der Waals surface area contributed by atoms with Gasteiger partial charge in [0.15, 0.2) is 0 Å². The number of benzene rings is 1. The summed E-state index contributed by atoms with van der Waals surface area (Å²) in [6.07, 6.45) is 7.74. The molecule has 0 unspecified atom stereocenters. The fourth-order valence-electron chi connectivity index (χ4n) is 4.06. The first-order valence-corrected chi connectivity index (χ1v) is 10.4. The van der Waals surface area contributed by atoms with Gasteiger partial charge in [0.1, 0.15) is 11.6 Å². The minimum absolute atomic E-state index is 0.155. The third-order valence-corrected chi connectivity index (χ3v) is 5.69. The molecule has 0 bridgehead atoms. The standard InChI is InChI=1S/C22H28N6O2/c1-3-28-12-10-23-20(28)15-27-11-4-5-17(14-27)21-19(13-24-26-21)25-22(29)16-6-8-18(30-2)9-7-16/h6-10,12-13,17H,3-5,11,14-15H2,1-2H3,(H,24,26)(H,25,29)/t17-/m1/s1. The van der Waals surface area contributed by atoms with E-state index in [4.69, 9.17) is 4.74 Å². The average Bonchev–Trinajstić information content (AvgIpc) is 3.43. The van der Waals surface area contributed by atoms with Gasteiger partial charge >= 0.3 is 0 Å². The summed E-state index contributed by atoms with van der Waals surface area (Å²) in [7, 11) is 1.61. The van der Waals surface area contributed by atoms with Crippen molar-refractivity contribution in [1.29, 1.82) is 0 Å². The minimum Gasteiger partial charge on any atom is -0.497 e. The van der Waals surface area contributed by atoms with Crippen molar-refractivity contribution in [1.82, 2.24) is 24.6 Å². The summed E-state index contributed by atoms with van der Waals surface area (Å²) in [5.74, 6) is 1.95. The number of H-pyrrole nitrogens is 1. The fraction of sp³-hybridized carbons (Fsp3) is 0.409. The van der Waals surface area contributed by atoms with Gasteiger partial charge in [0, 0.05) is 37.0 Å². The zero-order valence-electron chi connectivity index (χ0n) is 17.5. The molecule has 30 heavy (non-hydrogen) atoms. The number of aromatic amines is 1. The number of ether oxygens (including phenoxy) is 1. The Balaban J connectivity index is 1.43. The van der Waals surface area contributed by atoms with E-state index in [1.165, 1.54) is 0 Å². The van der Waals surface area contributed by atoms with E-state index in [-0.39, 0.29) is 11.8 Å². The largest absolute Gasteiger partial charge is 0.497 e. The maximum absolute atomic E-state index is 12.7. The zero-order valence-corrected chi connectivity index (χ0v) is 17.5. The van der Waals surface area contributed by atoms with Crippen LogP contribution in [0.1, 0.15) is 47.6 Å².